The predicted octanol–water partition coefficient (Wildman–Crippen LogP) is 2.77. The number of thiocarbonyl (C=S) groups is 1. The van der Waals surface area contributed by atoms with Crippen molar-refractivity contribution < 1.29 is 13.2 Å². The van der Waals surface area contributed by atoms with E-state index in [1.807, 2.05) is 0 Å². The Morgan fingerprint density at radius 1 is 1.47 bits per heavy atom. The standard InChI is InChI=1S/C9H9ClF3N3S/c10-6-2-1-3-7(4-6)15-8(17)16(14)5-9(11,12)13/h1-4H,5,14H2,(H,15,17). The largest absolute Gasteiger partial charge is 0.407 e. The molecule has 3 N–H and O–H groups in total. The van der Waals surface area contributed by atoms with Gasteiger partial charge in [-0.15, -0.1) is 0 Å². The van der Waals surface area contributed by atoms with E-state index in [2.05, 4.69) is 5.32 Å². The highest BCUT2D eigenvalue weighted by molar-refractivity contribution is 7.80. The molecule has 0 fully saturated rings. The van der Waals surface area contributed by atoms with Crippen LogP contribution in [0.3, 0.4) is 0 Å². The molecule has 8 heteroatoms. The molecule has 0 aliphatic heterocycles. The lowest BCUT2D eigenvalue weighted by atomic mass is 10.3. The fourth-order valence-electron chi connectivity index (χ4n) is 1.03. The summed E-state index contributed by atoms with van der Waals surface area (Å²) in [5, 5.41) is 3.18. The Morgan fingerprint density at radius 3 is 2.65 bits per heavy atom. The van der Waals surface area contributed by atoms with E-state index < -0.39 is 12.7 Å². The minimum absolute atomic E-state index is 0.232. The number of halogens is 4. The maximum absolute atomic E-state index is 12.0. The summed E-state index contributed by atoms with van der Waals surface area (Å²) in [6.45, 7) is -1.32. The summed E-state index contributed by atoms with van der Waals surface area (Å²) in [6.07, 6.45) is -4.41. The molecular formula is C9H9ClF3N3S. The predicted molar refractivity (Wildman–Crippen MR) is 64.6 cm³/mol. The number of nitrogens with zero attached hydrogens (tertiary/aromatic N) is 1. The SMILES string of the molecule is NN(CC(F)(F)F)C(=S)Nc1cccc(Cl)c1. The van der Waals surface area contributed by atoms with E-state index in [-0.39, 0.29) is 5.11 Å². The first kappa shape index (κ1) is 14.0. The summed E-state index contributed by atoms with van der Waals surface area (Å²) in [6, 6.07) is 6.40. The monoisotopic (exact) mass is 283 g/mol. The van der Waals surface area contributed by atoms with Gasteiger partial charge in [0.05, 0.1) is 0 Å². The molecule has 0 heterocycles. The van der Waals surface area contributed by atoms with Crippen LogP contribution in [0.5, 0.6) is 0 Å². The molecule has 94 valence electrons. The number of rotatable bonds is 2. The molecular weight excluding hydrogens is 275 g/mol. The summed E-state index contributed by atoms with van der Waals surface area (Å²) in [5.41, 5.74) is 0.472. The third-order valence-electron chi connectivity index (χ3n) is 1.69. The van der Waals surface area contributed by atoms with Gasteiger partial charge in [0.25, 0.3) is 0 Å². The number of hydrazine groups is 1. The van der Waals surface area contributed by atoms with E-state index in [0.717, 1.165) is 0 Å². The molecule has 1 rings (SSSR count). The molecule has 0 radical (unpaired) electrons. The van der Waals surface area contributed by atoms with Crippen LogP contribution >= 0.6 is 23.8 Å². The number of hydrogen-bond acceptors (Lipinski definition) is 2. The van der Waals surface area contributed by atoms with Crippen LogP contribution in [-0.2, 0) is 0 Å². The van der Waals surface area contributed by atoms with Gasteiger partial charge in [0.2, 0.25) is 0 Å². The third kappa shape index (κ3) is 5.20. The first-order valence-corrected chi connectivity index (χ1v) is 5.22. The Morgan fingerprint density at radius 2 is 2.12 bits per heavy atom. The van der Waals surface area contributed by atoms with E-state index in [9.17, 15) is 13.2 Å². The average molecular weight is 284 g/mol. The first-order chi connectivity index (χ1) is 7.78. The van der Waals surface area contributed by atoms with Gasteiger partial charge in [-0.05, 0) is 30.4 Å². The van der Waals surface area contributed by atoms with Crippen LogP contribution in [-0.4, -0.2) is 22.8 Å². The summed E-state index contributed by atoms with van der Waals surface area (Å²) < 4.78 is 36.1. The van der Waals surface area contributed by atoms with Crippen LogP contribution in [0.2, 0.25) is 5.02 Å². The number of benzene rings is 1. The topological polar surface area (TPSA) is 41.3 Å². The van der Waals surface area contributed by atoms with E-state index in [0.29, 0.717) is 15.7 Å². The van der Waals surface area contributed by atoms with Crippen LogP contribution in [0, 0.1) is 0 Å². The summed E-state index contributed by atoms with van der Waals surface area (Å²) in [7, 11) is 0. The van der Waals surface area contributed by atoms with Gasteiger partial charge in [0, 0.05) is 10.7 Å². The summed E-state index contributed by atoms with van der Waals surface area (Å²) in [4.78, 5) is 0. The average Bonchev–Trinajstić information content (AvgIpc) is 2.14. The zero-order chi connectivity index (χ0) is 13.1. The minimum Gasteiger partial charge on any atom is -0.331 e. The second-order valence-corrected chi connectivity index (χ2v) is 4.01. The smallest absolute Gasteiger partial charge is 0.331 e. The fourth-order valence-corrected chi connectivity index (χ4v) is 1.40. The molecule has 0 spiro atoms. The lowest BCUT2D eigenvalue weighted by Crippen LogP contribution is -2.45. The van der Waals surface area contributed by atoms with Crippen molar-refractivity contribution in [3.8, 4) is 0 Å². The Labute approximate surface area is 106 Å². The molecule has 0 aliphatic rings. The highest BCUT2D eigenvalue weighted by Crippen LogP contribution is 2.17. The Kier molecular flexibility index (Phi) is 4.55. The van der Waals surface area contributed by atoms with Crippen molar-refractivity contribution in [1.29, 1.82) is 0 Å². The van der Waals surface area contributed by atoms with Crippen LogP contribution in [0.15, 0.2) is 24.3 Å². The van der Waals surface area contributed by atoms with Crippen LogP contribution < -0.4 is 11.2 Å². The van der Waals surface area contributed by atoms with Gasteiger partial charge >= 0.3 is 6.18 Å². The number of anilines is 1. The van der Waals surface area contributed by atoms with Crippen molar-refractivity contribution in [1.82, 2.24) is 5.01 Å². The van der Waals surface area contributed by atoms with Gasteiger partial charge in [-0.2, -0.15) is 13.2 Å². The Bertz CT molecular complexity index is 411. The van der Waals surface area contributed by atoms with Gasteiger partial charge in [-0.1, -0.05) is 17.7 Å². The molecule has 1 aromatic carbocycles. The maximum Gasteiger partial charge on any atom is 0.407 e. The highest BCUT2D eigenvalue weighted by atomic mass is 35.5. The normalized spacial score (nSPS) is 11.1. The van der Waals surface area contributed by atoms with Crippen molar-refractivity contribution in [2.24, 2.45) is 5.84 Å². The Balaban J connectivity index is 2.60. The number of alkyl halides is 3. The van der Waals surface area contributed by atoms with Gasteiger partial charge in [-0.25, -0.2) is 5.84 Å². The summed E-state index contributed by atoms with van der Waals surface area (Å²) in [5.74, 6) is 5.17. The van der Waals surface area contributed by atoms with E-state index >= 15 is 0 Å². The van der Waals surface area contributed by atoms with Crippen molar-refractivity contribution in [3.05, 3.63) is 29.3 Å². The molecule has 0 aromatic heterocycles. The van der Waals surface area contributed by atoms with Gasteiger partial charge in [-0.3, -0.25) is 5.01 Å². The first-order valence-electron chi connectivity index (χ1n) is 4.43. The number of hydrogen-bond donors (Lipinski definition) is 2. The second-order valence-electron chi connectivity index (χ2n) is 3.18. The molecule has 0 saturated carbocycles. The zero-order valence-corrected chi connectivity index (χ0v) is 10.0. The fraction of sp³-hybridized carbons (Fsp3) is 0.222. The second kappa shape index (κ2) is 5.52. The van der Waals surface area contributed by atoms with Crippen molar-refractivity contribution >= 4 is 34.6 Å². The molecule has 0 aliphatic carbocycles. The lowest BCUT2D eigenvalue weighted by Gasteiger charge is -2.21. The molecule has 0 saturated heterocycles. The van der Waals surface area contributed by atoms with E-state index in [1.54, 1.807) is 18.2 Å². The lowest BCUT2D eigenvalue weighted by molar-refractivity contribution is -0.137. The van der Waals surface area contributed by atoms with Crippen LogP contribution in [0.1, 0.15) is 0 Å². The van der Waals surface area contributed by atoms with Crippen molar-refractivity contribution in [2.75, 3.05) is 11.9 Å². The minimum atomic E-state index is -4.41. The maximum atomic E-state index is 12.0. The highest BCUT2D eigenvalue weighted by Gasteiger charge is 2.30. The van der Waals surface area contributed by atoms with Crippen molar-refractivity contribution in [2.45, 2.75) is 6.18 Å². The quantitative estimate of drug-likeness (QED) is 0.497. The van der Waals surface area contributed by atoms with Crippen LogP contribution in [0.4, 0.5) is 18.9 Å². The molecule has 1 aromatic rings. The zero-order valence-electron chi connectivity index (χ0n) is 8.46. The molecule has 17 heavy (non-hydrogen) atoms. The Hall–Kier alpha value is -1.05. The van der Waals surface area contributed by atoms with Crippen LogP contribution in [0.25, 0.3) is 0 Å². The van der Waals surface area contributed by atoms with E-state index in [4.69, 9.17) is 29.7 Å². The molecule has 0 amide bonds. The molecule has 3 nitrogen and oxygen atoms in total. The summed E-state index contributed by atoms with van der Waals surface area (Å²) >= 11 is 10.4. The third-order valence-corrected chi connectivity index (χ3v) is 2.26. The number of nitrogens with one attached hydrogen (secondary N) is 1. The molecule has 0 atom stereocenters. The van der Waals surface area contributed by atoms with Crippen molar-refractivity contribution in [3.63, 3.8) is 0 Å². The van der Waals surface area contributed by atoms with Gasteiger partial charge in [0.15, 0.2) is 5.11 Å². The van der Waals surface area contributed by atoms with Gasteiger partial charge in [0.1, 0.15) is 6.54 Å². The van der Waals surface area contributed by atoms with Gasteiger partial charge < -0.3 is 5.32 Å². The molecule has 0 unspecified atom stereocenters. The number of nitrogens with two attached hydrogens (primary N) is 1. The molecule has 0 bridgehead atoms. The van der Waals surface area contributed by atoms with E-state index in [1.165, 1.54) is 6.07 Å².